The van der Waals surface area contributed by atoms with Crippen molar-refractivity contribution in [3.05, 3.63) is 24.3 Å². The first-order chi connectivity index (χ1) is 11.0. The number of ether oxygens (including phenoxy) is 1. The van der Waals surface area contributed by atoms with Crippen LogP contribution in [0.2, 0.25) is 0 Å². The molecule has 2 unspecified atom stereocenters. The maximum Gasteiger partial charge on any atom is 0.239 e. The van der Waals surface area contributed by atoms with Crippen LogP contribution in [-0.2, 0) is 4.79 Å². The standard InChI is InChI=1S/C18H29N3O2.ClH/c1-4-10-18(2,19)17(22)20-12-14-9-11-21(13-14)15-7-5-6-8-16(15)23-3;/h5-8,14H,4,9-13,19H2,1-3H3,(H,20,22);1H. The summed E-state index contributed by atoms with van der Waals surface area (Å²) in [5, 5.41) is 3.03. The van der Waals surface area contributed by atoms with Crippen LogP contribution in [-0.4, -0.2) is 38.2 Å². The molecule has 1 aromatic rings. The molecule has 0 saturated carbocycles. The second-order valence-corrected chi connectivity index (χ2v) is 6.65. The van der Waals surface area contributed by atoms with Crippen LogP contribution in [0.5, 0.6) is 5.75 Å². The van der Waals surface area contributed by atoms with Crippen LogP contribution in [0.4, 0.5) is 5.69 Å². The van der Waals surface area contributed by atoms with E-state index < -0.39 is 5.54 Å². The number of hydrogen-bond acceptors (Lipinski definition) is 4. The molecule has 1 saturated heterocycles. The highest BCUT2D eigenvalue weighted by atomic mass is 35.5. The van der Waals surface area contributed by atoms with E-state index in [1.54, 1.807) is 7.11 Å². The number of carbonyl (C=O) groups excluding carboxylic acids is 1. The van der Waals surface area contributed by atoms with E-state index in [0.717, 1.165) is 37.4 Å². The van der Waals surface area contributed by atoms with Gasteiger partial charge in [-0.2, -0.15) is 0 Å². The molecule has 1 fully saturated rings. The van der Waals surface area contributed by atoms with Gasteiger partial charge in [0.2, 0.25) is 5.91 Å². The van der Waals surface area contributed by atoms with Gasteiger partial charge in [0.1, 0.15) is 5.75 Å². The van der Waals surface area contributed by atoms with Crippen LogP contribution in [0.15, 0.2) is 24.3 Å². The van der Waals surface area contributed by atoms with Gasteiger partial charge in [-0.05, 0) is 37.8 Å². The number of halogens is 1. The van der Waals surface area contributed by atoms with Crippen LogP contribution in [0.3, 0.4) is 0 Å². The monoisotopic (exact) mass is 355 g/mol. The molecule has 1 amide bonds. The number of benzene rings is 1. The lowest BCUT2D eigenvalue weighted by Crippen LogP contribution is -2.52. The van der Waals surface area contributed by atoms with Crippen molar-refractivity contribution in [3.63, 3.8) is 0 Å². The predicted octanol–water partition coefficient (Wildman–Crippen LogP) is 2.58. The lowest BCUT2D eigenvalue weighted by Gasteiger charge is -2.24. The Balaban J connectivity index is 0.00000288. The molecule has 24 heavy (non-hydrogen) atoms. The van der Waals surface area contributed by atoms with Gasteiger partial charge in [-0.3, -0.25) is 4.79 Å². The lowest BCUT2D eigenvalue weighted by atomic mass is 9.96. The van der Waals surface area contributed by atoms with Crippen molar-refractivity contribution in [1.29, 1.82) is 0 Å². The van der Waals surface area contributed by atoms with Crippen molar-refractivity contribution in [2.75, 3.05) is 31.6 Å². The largest absolute Gasteiger partial charge is 0.495 e. The number of hydrogen-bond donors (Lipinski definition) is 2. The first-order valence-corrected chi connectivity index (χ1v) is 8.43. The Kier molecular flexibility index (Phi) is 7.84. The summed E-state index contributed by atoms with van der Waals surface area (Å²) in [7, 11) is 1.70. The molecule has 1 aromatic carbocycles. The van der Waals surface area contributed by atoms with Gasteiger partial charge in [0.25, 0.3) is 0 Å². The first kappa shape index (κ1) is 20.6. The Morgan fingerprint density at radius 1 is 1.46 bits per heavy atom. The number of nitrogens with one attached hydrogen (secondary N) is 1. The Labute approximate surface area is 151 Å². The number of nitrogens with zero attached hydrogens (tertiary/aromatic N) is 1. The van der Waals surface area contributed by atoms with Crippen molar-refractivity contribution in [3.8, 4) is 5.75 Å². The third kappa shape index (κ3) is 5.02. The number of nitrogens with two attached hydrogens (primary N) is 1. The van der Waals surface area contributed by atoms with Crippen LogP contribution < -0.4 is 20.7 Å². The van der Waals surface area contributed by atoms with E-state index in [2.05, 4.69) is 16.3 Å². The van der Waals surface area contributed by atoms with E-state index in [0.29, 0.717) is 18.9 Å². The van der Waals surface area contributed by atoms with E-state index in [1.807, 2.05) is 32.0 Å². The second kappa shape index (κ2) is 9.14. The summed E-state index contributed by atoms with van der Waals surface area (Å²) in [4.78, 5) is 14.5. The fourth-order valence-corrected chi connectivity index (χ4v) is 3.18. The maximum atomic E-state index is 12.2. The number of anilines is 1. The highest BCUT2D eigenvalue weighted by Gasteiger charge is 2.29. The normalized spacial score (nSPS) is 19.3. The molecule has 136 valence electrons. The average Bonchev–Trinajstić information content (AvgIpc) is 3.01. The minimum Gasteiger partial charge on any atom is -0.495 e. The molecule has 1 aliphatic heterocycles. The Morgan fingerprint density at radius 2 is 2.17 bits per heavy atom. The lowest BCUT2D eigenvalue weighted by molar-refractivity contribution is -0.126. The summed E-state index contributed by atoms with van der Waals surface area (Å²) < 4.78 is 5.43. The van der Waals surface area contributed by atoms with Gasteiger partial charge in [0.15, 0.2) is 0 Å². The molecule has 1 aliphatic rings. The molecule has 1 heterocycles. The third-order valence-corrected chi connectivity index (χ3v) is 4.55. The number of methoxy groups -OCH3 is 1. The van der Waals surface area contributed by atoms with E-state index in [9.17, 15) is 4.79 Å². The van der Waals surface area contributed by atoms with Crippen molar-refractivity contribution in [2.45, 2.75) is 38.6 Å². The van der Waals surface area contributed by atoms with Crippen molar-refractivity contribution < 1.29 is 9.53 Å². The topological polar surface area (TPSA) is 67.6 Å². The van der Waals surface area contributed by atoms with Gasteiger partial charge in [-0.25, -0.2) is 0 Å². The quantitative estimate of drug-likeness (QED) is 0.788. The fourth-order valence-electron chi connectivity index (χ4n) is 3.18. The van der Waals surface area contributed by atoms with E-state index in [1.165, 1.54) is 0 Å². The summed E-state index contributed by atoms with van der Waals surface area (Å²) >= 11 is 0. The minimum absolute atomic E-state index is 0. The SMILES string of the molecule is CCCC(C)(N)C(=O)NCC1CCN(c2ccccc2OC)C1.Cl. The molecular weight excluding hydrogens is 326 g/mol. The third-order valence-electron chi connectivity index (χ3n) is 4.55. The van der Waals surface area contributed by atoms with Crippen LogP contribution in [0.25, 0.3) is 0 Å². The molecule has 6 heteroatoms. The van der Waals surface area contributed by atoms with Crippen LogP contribution >= 0.6 is 12.4 Å². The van der Waals surface area contributed by atoms with Gasteiger partial charge in [-0.15, -0.1) is 12.4 Å². The van der Waals surface area contributed by atoms with E-state index >= 15 is 0 Å². The molecular formula is C18H30ClN3O2. The molecule has 0 spiro atoms. The molecule has 3 N–H and O–H groups in total. The van der Waals surface area contributed by atoms with E-state index in [-0.39, 0.29) is 18.3 Å². The molecule has 0 radical (unpaired) electrons. The highest BCUT2D eigenvalue weighted by Crippen LogP contribution is 2.31. The summed E-state index contributed by atoms with van der Waals surface area (Å²) in [5.41, 5.74) is 6.43. The predicted molar refractivity (Wildman–Crippen MR) is 101 cm³/mol. The van der Waals surface area contributed by atoms with Crippen molar-refractivity contribution in [1.82, 2.24) is 5.32 Å². The molecule has 5 nitrogen and oxygen atoms in total. The van der Waals surface area contributed by atoms with Crippen molar-refractivity contribution in [2.24, 2.45) is 11.7 Å². The first-order valence-electron chi connectivity index (χ1n) is 8.43. The van der Waals surface area contributed by atoms with Gasteiger partial charge in [-0.1, -0.05) is 25.5 Å². The van der Waals surface area contributed by atoms with Crippen LogP contribution in [0, 0.1) is 5.92 Å². The molecule has 0 aromatic heterocycles. The fraction of sp³-hybridized carbons (Fsp3) is 0.611. The number of amides is 1. The van der Waals surface area contributed by atoms with Gasteiger partial charge < -0.3 is 20.7 Å². The van der Waals surface area contributed by atoms with Gasteiger partial charge >= 0.3 is 0 Å². The Morgan fingerprint density at radius 3 is 2.83 bits per heavy atom. The number of rotatable bonds is 7. The van der Waals surface area contributed by atoms with E-state index in [4.69, 9.17) is 10.5 Å². The van der Waals surface area contributed by atoms with Crippen molar-refractivity contribution >= 4 is 24.0 Å². The zero-order valence-corrected chi connectivity index (χ0v) is 15.7. The number of carbonyl (C=O) groups is 1. The van der Waals surface area contributed by atoms with Gasteiger partial charge in [0.05, 0.1) is 18.3 Å². The maximum absolute atomic E-state index is 12.2. The Hall–Kier alpha value is -1.46. The van der Waals surface area contributed by atoms with Gasteiger partial charge in [0, 0.05) is 19.6 Å². The molecule has 0 aliphatic carbocycles. The van der Waals surface area contributed by atoms with Crippen LogP contribution in [0.1, 0.15) is 33.1 Å². The molecule has 2 atom stereocenters. The summed E-state index contributed by atoms with van der Waals surface area (Å²) in [6.45, 7) is 6.44. The minimum atomic E-state index is -0.768. The number of para-hydroxylation sites is 2. The highest BCUT2D eigenvalue weighted by molar-refractivity contribution is 5.85. The smallest absolute Gasteiger partial charge is 0.239 e. The Bertz CT molecular complexity index is 537. The molecule has 2 rings (SSSR count). The summed E-state index contributed by atoms with van der Waals surface area (Å²) in [5.74, 6) is 1.30. The average molecular weight is 356 g/mol. The molecule has 0 bridgehead atoms. The summed E-state index contributed by atoms with van der Waals surface area (Å²) in [6, 6.07) is 8.07. The summed E-state index contributed by atoms with van der Waals surface area (Å²) in [6.07, 6.45) is 2.68. The zero-order valence-electron chi connectivity index (χ0n) is 14.9. The zero-order chi connectivity index (χ0) is 16.9. The second-order valence-electron chi connectivity index (χ2n) is 6.65.